The zero-order valence-electron chi connectivity index (χ0n) is 18.9. The summed E-state index contributed by atoms with van der Waals surface area (Å²) in [6.45, 7) is 8.23. The molecule has 1 amide bonds. The molecule has 4 rings (SSSR count). The van der Waals surface area contributed by atoms with E-state index in [0.717, 1.165) is 49.2 Å². The van der Waals surface area contributed by atoms with Gasteiger partial charge in [0.25, 0.3) is 0 Å². The fourth-order valence-corrected chi connectivity index (χ4v) is 4.74. The van der Waals surface area contributed by atoms with Gasteiger partial charge in [0.15, 0.2) is 5.16 Å². The van der Waals surface area contributed by atoms with Gasteiger partial charge in [-0.2, -0.15) is 0 Å². The average molecular weight is 462 g/mol. The molecule has 0 radical (unpaired) electrons. The van der Waals surface area contributed by atoms with Gasteiger partial charge in [0.2, 0.25) is 11.9 Å². The van der Waals surface area contributed by atoms with Crippen molar-refractivity contribution in [2.75, 3.05) is 50.2 Å². The van der Waals surface area contributed by atoms with E-state index in [0.29, 0.717) is 31.2 Å². The first-order valence-electron chi connectivity index (χ1n) is 11.0. The lowest BCUT2D eigenvalue weighted by Crippen LogP contribution is -2.38. The molecule has 2 aromatic rings. The molecule has 2 fully saturated rings. The Kier molecular flexibility index (Phi) is 7.54. The number of anilines is 2. The van der Waals surface area contributed by atoms with Gasteiger partial charge >= 0.3 is 0 Å². The normalized spacial score (nSPS) is 19.7. The molecule has 0 aliphatic carbocycles. The van der Waals surface area contributed by atoms with Gasteiger partial charge in [-0.3, -0.25) is 9.36 Å². The first-order valence-corrected chi connectivity index (χ1v) is 11.9. The van der Waals surface area contributed by atoms with Crippen molar-refractivity contribution in [3.8, 4) is 5.75 Å². The molecule has 3 heterocycles. The highest BCUT2D eigenvalue weighted by Gasteiger charge is 2.27. The molecule has 2 atom stereocenters. The van der Waals surface area contributed by atoms with E-state index in [-0.39, 0.29) is 17.3 Å². The minimum absolute atomic E-state index is 0.113. The van der Waals surface area contributed by atoms with E-state index in [1.165, 1.54) is 11.8 Å². The van der Waals surface area contributed by atoms with Crippen molar-refractivity contribution in [1.82, 2.24) is 14.8 Å². The molecule has 32 heavy (non-hydrogen) atoms. The number of aryl methyl sites for hydroxylation is 1. The van der Waals surface area contributed by atoms with Crippen LogP contribution < -0.4 is 15.0 Å². The number of amides is 1. The number of nitrogens with zero attached hydrogens (tertiary/aromatic N) is 4. The molecule has 2 unspecified atom stereocenters. The zero-order chi connectivity index (χ0) is 22.5. The van der Waals surface area contributed by atoms with Crippen LogP contribution in [0.15, 0.2) is 23.4 Å². The van der Waals surface area contributed by atoms with Gasteiger partial charge in [-0.15, -0.1) is 10.2 Å². The Morgan fingerprint density at radius 2 is 2.12 bits per heavy atom. The van der Waals surface area contributed by atoms with E-state index in [1.807, 2.05) is 32.0 Å². The van der Waals surface area contributed by atoms with Crippen molar-refractivity contribution < 1.29 is 19.0 Å². The summed E-state index contributed by atoms with van der Waals surface area (Å²) < 4.78 is 18.8. The van der Waals surface area contributed by atoms with Gasteiger partial charge in [0.05, 0.1) is 43.9 Å². The van der Waals surface area contributed by atoms with E-state index in [9.17, 15) is 4.79 Å². The number of hydrogen-bond donors (Lipinski definition) is 1. The molecule has 9 nitrogen and oxygen atoms in total. The predicted molar refractivity (Wildman–Crippen MR) is 124 cm³/mol. The molecule has 1 aromatic carbocycles. The number of benzene rings is 1. The van der Waals surface area contributed by atoms with Crippen LogP contribution in [0.4, 0.5) is 11.6 Å². The van der Waals surface area contributed by atoms with Crippen molar-refractivity contribution >= 4 is 29.3 Å². The Hall–Kier alpha value is -2.30. The molecular formula is C22H31N5O4S. The Labute approximate surface area is 192 Å². The van der Waals surface area contributed by atoms with Crippen LogP contribution in [-0.4, -0.2) is 72.0 Å². The van der Waals surface area contributed by atoms with E-state index >= 15 is 0 Å². The summed E-state index contributed by atoms with van der Waals surface area (Å²) in [5.74, 6) is 1.34. The molecule has 10 heteroatoms. The summed E-state index contributed by atoms with van der Waals surface area (Å²) in [7, 11) is 1.60. The van der Waals surface area contributed by atoms with Crippen molar-refractivity contribution in [3.05, 3.63) is 23.8 Å². The first kappa shape index (κ1) is 22.9. The third kappa shape index (κ3) is 5.36. The van der Waals surface area contributed by atoms with Crippen LogP contribution >= 0.6 is 11.8 Å². The fourth-order valence-electron chi connectivity index (χ4n) is 3.88. The molecule has 2 saturated heterocycles. The number of thioether (sulfide) groups is 1. The number of hydrogen-bond acceptors (Lipinski definition) is 8. The molecule has 174 valence electrons. The van der Waals surface area contributed by atoms with E-state index in [4.69, 9.17) is 14.2 Å². The Morgan fingerprint density at radius 1 is 1.31 bits per heavy atom. The number of nitrogens with one attached hydrogen (secondary N) is 1. The van der Waals surface area contributed by atoms with E-state index in [1.54, 1.807) is 7.11 Å². The van der Waals surface area contributed by atoms with Crippen LogP contribution in [0.2, 0.25) is 0 Å². The van der Waals surface area contributed by atoms with E-state index < -0.39 is 0 Å². The molecule has 0 spiro atoms. The third-order valence-electron chi connectivity index (χ3n) is 5.67. The Balaban J connectivity index is 1.50. The predicted octanol–water partition coefficient (Wildman–Crippen LogP) is 2.73. The number of rotatable bonds is 8. The molecule has 0 saturated carbocycles. The van der Waals surface area contributed by atoms with Crippen molar-refractivity contribution in [1.29, 1.82) is 0 Å². The number of aromatic nitrogens is 3. The first-order chi connectivity index (χ1) is 15.5. The zero-order valence-corrected chi connectivity index (χ0v) is 19.7. The minimum atomic E-state index is -0.370. The lowest BCUT2D eigenvalue weighted by Gasteiger charge is -2.28. The monoisotopic (exact) mass is 461 g/mol. The maximum absolute atomic E-state index is 13.0. The largest absolute Gasteiger partial charge is 0.495 e. The summed E-state index contributed by atoms with van der Waals surface area (Å²) in [6.07, 6.45) is 2.23. The molecule has 2 aliphatic rings. The second-order valence-electron chi connectivity index (χ2n) is 8.08. The smallest absolute Gasteiger partial charge is 0.237 e. The summed E-state index contributed by atoms with van der Waals surface area (Å²) in [4.78, 5) is 15.2. The molecule has 1 aromatic heterocycles. The fraction of sp³-hybridized carbons (Fsp3) is 0.591. The van der Waals surface area contributed by atoms with Crippen LogP contribution in [0, 0.1) is 6.92 Å². The standard InChI is InChI=1S/C22H31N5O4S/c1-15-6-7-19(29-3)18(13-15)23-20(28)16(2)32-22-25-24-21(26-8-11-30-12-9-26)27(22)14-17-5-4-10-31-17/h6-7,13,16-17H,4-5,8-12,14H2,1-3H3,(H,23,28). The van der Waals surface area contributed by atoms with Crippen molar-refractivity contribution in [2.24, 2.45) is 0 Å². The van der Waals surface area contributed by atoms with Crippen LogP contribution in [0.3, 0.4) is 0 Å². The Bertz CT molecular complexity index is 925. The second-order valence-corrected chi connectivity index (χ2v) is 9.39. The molecule has 2 aliphatic heterocycles. The highest BCUT2D eigenvalue weighted by molar-refractivity contribution is 8.00. The number of carbonyl (C=O) groups excluding carboxylic acids is 1. The molecular weight excluding hydrogens is 430 g/mol. The van der Waals surface area contributed by atoms with Gasteiger partial charge in [-0.25, -0.2) is 0 Å². The van der Waals surface area contributed by atoms with Crippen LogP contribution in [-0.2, 0) is 20.8 Å². The van der Waals surface area contributed by atoms with Gasteiger partial charge in [-0.1, -0.05) is 17.8 Å². The quantitative estimate of drug-likeness (QED) is 0.600. The summed E-state index contributed by atoms with van der Waals surface area (Å²) in [6, 6.07) is 5.72. The Morgan fingerprint density at radius 3 is 2.84 bits per heavy atom. The van der Waals surface area contributed by atoms with Gasteiger partial charge in [-0.05, 0) is 44.4 Å². The number of morpholine rings is 1. The SMILES string of the molecule is COc1ccc(C)cc1NC(=O)C(C)Sc1nnc(N2CCOCC2)n1CC1CCCO1. The lowest BCUT2D eigenvalue weighted by atomic mass is 10.2. The van der Waals surface area contributed by atoms with Crippen molar-refractivity contribution in [3.63, 3.8) is 0 Å². The number of methoxy groups -OCH3 is 1. The molecule has 0 bridgehead atoms. The maximum Gasteiger partial charge on any atom is 0.237 e. The number of ether oxygens (including phenoxy) is 3. The van der Waals surface area contributed by atoms with Crippen LogP contribution in [0.1, 0.15) is 25.3 Å². The second kappa shape index (κ2) is 10.5. The van der Waals surface area contributed by atoms with Crippen molar-refractivity contribution in [2.45, 2.75) is 49.7 Å². The summed E-state index contributed by atoms with van der Waals surface area (Å²) >= 11 is 1.41. The lowest BCUT2D eigenvalue weighted by molar-refractivity contribution is -0.115. The highest BCUT2D eigenvalue weighted by atomic mass is 32.2. The van der Waals surface area contributed by atoms with Gasteiger partial charge < -0.3 is 24.4 Å². The topological polar surface area (TPSA) is 90.7 Å². The molecule has 1 N–H and O–H groups in total. The number of carbonyl (C=O) groups is 1. The average Bonchev–Trinajstić information content (AvgIpc) is 3.45. The van der Waals surface area contributed by atoms with Crippen LogP contribution in [0.5, 0.6) is 5.75 Å². The maximum atomic E-state index is 13.0. The summed E-state index contributed by atoms with van der Waals surface area (Å²) in [5.41, 5.74) is 1.72. The third-order valence-corrected chi connectivity index (χ3v) is 6.75. The van der Waals surface area contributed by atoms with Crippen LogP contribution in [0.25, 0.3) is 0 Å². The minimum Gasteiger partial charge on any atom is -0.495 e. The van der Waals surface area contributed by atoms with Gasteiger partial charge in [0, 0.05) is 19.7 Å². The van der Waals surface area contributed by atoms with Gasteiger partial charge in [0.1, 0.15) is 5.75 Å². The summed E-state index contributed by atoms with van der Waals surface area (Å²) in [5, 5.41) is 12.3. The van der Waals surface area contributed by atoms with E-state index in [2.05, 4.69) is 25.0 Å². The highest BCUT2D eigenvalue weighted by Crippen LogP contribution is 2.30.